The van der Waals surface area contributed by atoms with E-state index in [-0.39, 0.29) is 11.3 Å². The van der Waals surface area contributed by atoms with Crippen molar-refractivity contribution < 1.29 is 41.0 Å². The van der Waals surface area contributed by atoms with Crippen LogP contribution in [0, 0.1) is 0 Å². The van der Waals surface area contributed by atoms with Gasteiger partial charge in [0.15, 0.2) is 6.61 Å². The van der Waals surface area contributed by atoms with Gasteiger partial charge in [-0.25, -0.2) is 9.59 Å². The third-order valence-corrected chi connectivity index (χ3v) is 3.97. The molecule has 29 heavy (non-hydrogen) atoms. The van der Waals surface area contributed by atoms with Crippen molar-refractivity contribution in [1.29, 1.82) is 0 Å². The maximum Gasteiger partial charge on any atom is 0.456 e. The molecule has 0 aromatic heterocycles. The maximum atomic E-state index is 13.1. The van der Waals surface area contributed by atoms with E-state index >= 15 is 0 Å². The van der Waals surface area contributed by atoms with Crippen molar-refractivity contribution in [2.75, 3.05) is 13.2 Å². The normalized spacial score (nSPS) is 17.5. The van der Waals surface area contributed by atoms with Gasteiger partial charge in [-0.2, -0.15) is 22.0 Å². The van der Waals surface area contributed by atoms with E-state index in [2.05, 4.69) is 15.4 Å². The van der Waals surface area contributed by atoms with E-state index in [1.807, 2.05) is 6.92 Å². The molecular formula is C18H19F5N2O4. The van der Waals surface area contributed by atoms with Gasteiger partial charge in [-0.1, -0.05) is 19.1 Å². The van der Waals surface area contributed by atoms with Crippen LogP contribution in [-0.4, -0.2) is 37.3 Å². The van der Waals surface area contributed by atoms with Gasteiger partial charge in [0.2, 0.25) is 0 Å². The Morgan fingerprint density at radius 2 is 1.76 bits per heavy atom. The summed E-state index contributed by atoms with van der Waals surface area (Å²) in [6.07, 6.45) is -5.07. The summed E-state index contributed by atoms with van der Waals surface area (Å²) in [6.45, 7) is 1.54. The molecule has 1 heterocycles. The Labute approximate surface area is 163 Å². The van der Waals surface area contributed by atoms with Crippen molar-refractivity contribution in [1.82, 2.24) is 10.6 Å². The molecule has 1 aromatic rings. The van der Waals surface area contributed by atoms with Crippen LogP contribution in [-0.2, 0) is 9.53 Å². The van der Waals surface area contributed by atoms with Gasteiger partial charge in [0.05, 0.1) is 18.2 Å². The van der Waals surface area contributed by atoms with E-state index in [1.54, 1.807) is 12.1 Å². The molecular weight excluding hydrogens is 403 g/mol. The van der Waals surface area contributed by atoms with Gasteiger partial charge in [0.25, 0.3) is 0 Å². The Morgan fingerprint density at radius 3 is 2.31 bits per heavy atom. The molecule has 2 rings (SSSR count). The predicted octanol–water partition coefficient (Wildman–Crippen LogP) is 3.84. The summed E-state index contributed by atoms with van der Waals surface area (Å²) in [5.74, 6) is -6.07. The first-order valence-electron chi connectivity index (χ1n) is 8.59. The van der Waals surface area contributed by atoms with Crippen LogP contribution in [0.2, 0.25) is 0 Å². The number of halogens is 5. The summed E-state index contributed by atoms with van der Waals surface area (Å²) in [5, 5.41) is 4.70. The summed E-state index contributed by atoms with van der Waals surface area (Å²) in [6, 6.07) is 4.45. The highest BCUT2D eigenvalue weighted by molar-refractivity contribution is 5.95. The quantitative estimate of drug-likeness (QED) is 0.517. The molecule has 2 N–H and O–H groups in total. The number of benzene rings is 1. The molecule has 1 atom stereocenters. The number of urea groups is 1. The molecule has 6 nitrogen and oxygen atoms in total. The summed E-state index contributed by atoms with van der Waals surface area (Å²) in [4.78, 5) is 24.1. The molecule has 0 spiro atoms. The number of hydrogen-bond acceptors (Lipinski definition) is 4. The molecule has 0 radical (unpaired) electrons. The SMILES string of the molecule is CCCOc1ccc([C@H]2NC(=O)NC(C)=C2C(=O)OCC(F)(F)C(F)(F)F)cc1. The minimum atomic E-state index is -5.86. The number of hydrogen-bond donors (Lipinski definition) is 2. The second-order valence-corrected chi connectivity index (χ2v) is 6.27. The molecule has 1 aliphatic rings. The molecule has 0 saturated carbocycles. The largest absolute Gasteiger partial charge is 0.494 e. The monoisotopic (exact) mass is 422 g/mol. The average Bonchev–Trinajstić information content (AvgIpc) is 2.63. The fourth-order valence-corrected chi connectivity index (χ4v) is 2.51. The van der Waals surface area contributed by atoms with Gasteiger partial charge in [0, 0.05) is 5.70 Å². The number of carbonyl (C=O) groups excluding carboxylic acids is 2. The Morgan fingerprint density at radius 1 is 1.14 bits per heavy atom. The Balaban J connectivity index is 2.24. The second kappa shape index (κ2) is 8.66. The lowest BCUT2D eigenvalue weighted by Crippen LogP contribution is -2.46. The molecule has 0 aliphatic carbocycles. The van der Waals surface area contributed by atoms with Crippen LogP contribution in [0.5, 0.6) is 5.75 Å². The molecule has 0 fully saturated rings. The molecule has 0 unspecified atom stereocenters. The van der Waals surface area contributed by atoms with Crippen molar-refractivity contribution in [2.45, 2.75) is 38.4 Å². The van der Waals surface area contributed by atoms with Gasteiger partial charge >= 0.3 is 24.1 Å². The lowest BCUT2D eigenvalue weighted by molar-refractivity contribution is -0.293. The minimum Gasteiger partial charge on any atom is -0.494 e. The number of allylic oxidation sites excluding steroid dienone is 1. The van der Waals surface area contributed by atoms with Gasteiger partial charge in [-0.05, 0) is 31.0 Å². The van der Waals surface area contributed by atoms with Crippen molar-refractivity contribution in [3.05, 3.63) is 41.1 Å². The number of ether oxygens (including phenoxy) is 2. The number of esters is 1. The van der Waals surface area contributed by atoms with Gasteiger partial charge in [-0.3, -0.25) is 0 Å². The van der Waals surface area contributed by atoms with E-state index in [4.69, 9.17) is 4.74 Å². The summed E-state index contributed by atoms with van der Waals surface area (Å²) in [5.41, 5.74) is 0.0766. The van der Waals surface area contributed by atoms with Crippen LogP contribution in [0.1, 0.15) is 31.9 Å². The van der Waals surface area contributed by atoms with Crippen LogP contribution in [0.4, 0.5) is 26.7 Å². The van der Waals surface area contributed by atoms with Crippen LogP contribution in [0.15, 0.2) is 35.5 Å². The first-order valence-corrected chi connectivity index (χ1v) is 8.59. The van der Waals surface area contributed by atoms with Crippen LogP contribution < -0.4 is 15.4 Å². The zero-order valence-electron chi connectivity index (χ0n) is 15.5. The third-order valence-electron chi connectivity index (χ3n) is 3.97. The van der Waals surface area contributed by atoms with E-state index in [0.29, 0.717) is 17.9 Å². The predicted molar refractivity (Wildman–Crippen MR) is 91.3 cm³/mol. The van der Waals surface area contributed by atoms with Crippen molar-refractivity contribution in [3.63, 3.8) is 0 Å². The highest BCUT2D eigenvalue weighted by atomic mass is 19.4. The van der Waals surface area contributed by atoms with Crippen LogP contribution in [0.25, 0.3) is 0 Å². The zero-order chi connectivity index (χ0) is 21.8. The molecule has 1 aliphatic heterocycles. The zero-order valence-corrected chi connectivity index (χ0v) is 15.5. The summed E-state index contributed by atoms with van der Waals surface area (Å²) >= 11 is 0. The first-order chi connectivity index (χ1) is 13.5. The van der Waals surface area contributed by atoms with Crippen LogP contribution >= 0.6 is 0 Å². The first kappa shape index (κ1) is 22.4. The number of rotatable bonds is 7. The second-order valence-electron chi connectivity index (χ2n) is 6.27. The van der Waals surface area contributed by atoms with Crippen molar-refractivity contribution in [2.24, 2.45) is 0 Å². The number of amides is 2. The summed E-state index contributed by atoms with van der Waals surface area (Å²) in [7, 11) is 0. The number of alkyl halides is 5. The minimum absolute atomic E-state index is 0.0228. The standard InChI is InChI=1S/C18H19F5N2O4/c1-3-8-28-12-6-4-11(5-7-12)14-13(10(2)24-16(27)25-14)15(26)29-9-17(19,20)18(21,22)23/h4-7,14H,3,8-9H2,1-2H3,(H2,24,25,27)/t14-/m1/s1. The Bertz CT molecular complexity index is 790. The molecule has 2 amide bonds. The maximum absolute atomic E-state index is 13.1. The molecule has 11 heteroatoms. The van der Waals surface area contributed by atoms with E-state index in [0.717, 1.165) is 6.42 Å². The third kappa shape index (κ3) is 5.36. The smallest absolute Gasteiger partial charge is 0.456 e. The highest BCUT2D eigenvalue weighted by Crippen LogP contribution is 2.36. The molecule has 0 saturated heterocycles. The van der Waals surface area contributed by atoms with Gasteiger partial charge in [-0.15, -0.1) is 0 Å². The number of nitrogens with one attached hydrogen (secondary N) is 2. The van der Waals surface area contributed by atoms with Gasteiger partial charge < -0.3 is 20.1 Å². The van der Waals surface area contributed by atoms with E-state index < -0.39 is 36.7 Å². The highest BCUT2D eigenvalue weighted by Gasteiger charge is 2.58. The molecule has 160 valence electrons. The lowest BCUT2D eigenvalue weighted by Gasteiger charge is -2.28. The van der Waals surface area contributed by atoms with E-state index in [9.17, 15) is 31.5 Å². The average molecular weight is 422 g/mol. The fourth-order valence-electron chi connectivity index (χ4n) is 2.51. The topological polar surface area (TPSA) is 76.7 Å². The lowest BCUT2D eigenvalue weighted by atomic mass is 9.95. The Kier molecular flexibility index (Phi) is 6.70. The van der Waals surface area contributed by atoms with Crippen LogP contribution in [0.3, 0.4) is 0 Å². The molecule has 1 aromatic carbocycles. The van der Waals surface area contributed by atoms with Crippen molar-refractivity contribution >= 4 is 12.0 Å². The van der Waals surface area contributed by atoms with Gasteiger partial charge in [0.1, 0.15) is 5.75 Å². The Hall–Kier alpha value is -2.85. The van der Waals surface area contributed by atoms with Crippen molar-refractivity contribution in [3.8, 4) is 5.75 Å². The summed E-state index contributed by atoms with van der Waals surface area (Å²) < 4.78 is 72.6. The fraction of sp³-hybridized carbons (Fsp3) is 0.444. The molecule has 0 bridgehead atoms. The number of carbonyl (C=O) groups is 2. The van der Waals surface area contributed by atoms with E-state index in [1.165, 1.54) is 19.1 Å².